The Balaban J connectivity index is 2.08. The molecule has 1 aliphatic heterocycles. The number of hydrogen-bond donors (Lipinski definition) is 1. The Kier molecular flexibility index (Phi) is 5.80. The lowest BCUT2D eigenvalue weighted by Gasteiger charge is -2.31. The molecule has 1 N–H and O–H groups in total. The Hall–Kier alpha value is -1.35. The van der Waals surface area contributed by atoms with Crippen LogP contribution in [-0.4, -0.2) is 30.4 Å². The number of carbonyl (C=O) groups is 1. The van der Waals surface area contributed by atoms with Gasteiger partial charge >= 0.3 is 0 Å². The van der Waals surface area contributed by atoms with Crippen LogP contribution in [0, 0.1) is 0 Å². The predicted molar refractivity (Wildman–Crippen MR) is 87.4 cm³/mol. The van der Waals surface area contributed by atoms with Crippen LogP contribution in [-0.2, 0) is 4.79 Å². The second kappa shape index (κ2) is 7.60. The zero-order valence-electron chi connectivity index (χ0n) is 13.6. The van der Waals surface area contributed by atoms with Crippen molar-refractivity contribution in [2.24, 2.45) is 0 Å². The summed E-state index contributed by atoms with van der Waals surface area (Å²) in [6, 6.07) is 9.07. The van der Waals surface area contributed by atoms with Gasteiger partial charge in [-0.25, -0.2) is 0 Å². The van der Waals surface area contributed by atoms with E-state index < -0.39 is 0 Å². The van der Waals surface area contributed by atoms with E-state index in [1.807, 2.05) is 4.90 Å². The maximum atomic E-state index is 12.0. The molecule has 1 fully saturated rings. The van der Waals surface area contributed by atoms with Crippen LogP contribution < -0.4 is 5.32 Å². The molecule has 0 saturated carbocycles. The van der Waals surface area contributed by atoms with Gasteiger partial charge < -0.3 is 10.2 Å². The molecule has 0 spiro atoms. The molecular weight excluding hydrogens is 260 g/mol. The van der Waals surface area contributed by atoms with Crippen LogP contribution in [0.1, 0.15) is 63.1 Å². The van der Waals surface area contributed by atoms with Gasteiger partial charge in [0.25, 0.3) is 0 Å². The minimum Gasteiger partial charge on any atom is -0.341 e. The number of carbonyl (C=O) groups excluding carboxylic acids is 1. The minimum atomic E-state index is 0.235. The third-order valence-corrected chi connectivity index (χ3v) is 4.28. The van der Waals surface area contributed by atoms with Gasteiger partial charge in [-0.05, 0) is 36.4 Å². The van der Waals surface area contributed by atoms with Crippen molar-refractivity contribution in [3.05, 3.63) is 35.4 Å². The molecule has 2 rings (SSSR count). The van der Waals surface area contributed by atoms with E-state index in [0.717, 1.165) is 32.5 Å². The van der Waals surface area contributed by atoms with Gasteiger partial charge in [0.1, 0.15) is 0 Å². The molecule has 1 aromatic rings. The normalized spacial score (nSPS) is 17.3. The van der Waals surface area contributed by atoms with Crippen molar-refractivity contribution in [1.82, 2.24) is 10.2 Å². The van der Waals surface area contributed by atoms with E-state index in [9.17, 15) is 4.79 Å². The fraction of sp³-hybridized carbons (Fsp3) is 0.611. The molecule has 1 aromatic carbocycles. The number of rotatable bonds is 6. The number of nitrogens with zero attached hydrogens (tertiary/aromatic N) is 1. The summed E-state index contributed by atoms with van der Waals surface area (Å²) in [4.78, 5) is 14.0. The fourth-order valence-corrected chi connectivity index (χ4v) is 2.92. The van der Waals surface area contributed by atoms with E-state index in [1.165, 1.54) is 11.1 Å². The number of benzene rings is 1. The van der Waals surface area contributed by atoms with Gasteiger partial charge in [-0.3, -0.25) is 4.79 Å². The Morgan fingerprint density at radius 3 is 2.38 bits per heavy atom. The molecule has 1 heterocycles. The third-order valence-electron chi connectivity index (χ3n) is 4.28. The fourth-order valence-electron chi connectivity index (χ4n) is 2.92. The van der Waals surface area contributed by atoms with E-state index >= 15 is 0 Å². The maximum Gasteiger partial charge on any atom is 0.222 e. The molecular formula is C18H28N2O. The number of piperidine rings is 1. The van der Waals surface area contributed by atoms with Gasteiger partial charge in [0.15, 0.2) is 0 Å². The van der Waals surface area contributed by atoms with Crippen molar-refractivity contribution in [2.75, 3.05) is 19.6 Å². The minimum absolute atomic E-state index is 0.235. The quantitative estimate of drug-likeness (QED) is 0.869. The average molecular weight is 288 g/mol. The Morgan fingerprint density at radius 2 is 1.81 bits per heavy atom. The number of nitrogens with one attached hydrogen (secondary N) is 1. The van der Waals surface area contributed by atoms with Crippen molar-refractivity contribution in [3.63, 3.8) is 0 Å². The van der Waals surface area contributed by atoms with Crippen molar-refractivity contribution < 1.29 is 4.79 Å². The van der Waals surface area contributed by atoms with Crippen LogP contribution in [0.4, 0.5) is 0 Å². The van der Waals surface area contributed by atoms with Crippen LogP contribution in [0.2, 0.25) is 0 Å². The third kappa shape index (κ3) is 4.31. The number of amides is 1. The zero-order chi connectivity index (χ0) is 15.2. The van der Waals surface area contributed by atoms with Crippen LogP contribution >= 0.6 is 0 Å². The first-order valence-electron chi connectivity index (χ1n) is 8.22. The lowest BCUT2D eigenvalue weighted by atomic mass is 9.98. The van der Waals surface area contributed by atoms with E-state index in [2.05, 4.69) is 50.4 Å². The number of hydrogen-bond acceptors (Lipinski definition) is 2. The predicted octanol–water partition coefficient (Wildman–Crippen LogP) is 3.47. The molecule has 1 unspecified atom stereocenters. The molecule has 1 atom stereocenters. The monoisotopic (exact) mass is 288 g/mol. The van der Waals surface area contributed by atoms with Crippen LogP contribution in [0.25, 0.3) is 0 Å². The Labute approximate surface area is 128 Å². The van der Waals surface area contributed by atoms with Crippen molar-refractivity contribution in [2.45, 2.75) is 52.0 Å². The van der Waals surface area contributed by atoms with Crippen molar-refractivity contribution >= 4 is 5.91 Å². The first-order valence-corrected chi connectivity index (χ1v) is 8.22. The summed E-state index contributed by atoms with van der Waals surface area (Å²) in [5.74, 6) is 0.864. The number of likely N-dealkylation sites (N-methyl/N-ethyl adjacent to an activating group) is 1. The van der Waals surface area contributed by atoms with E-state index in [-0.39, 0.29) is 6.04 Å². The van der Waals surface area contributed by atoms with Crippen LogP contribution in [0.5, 0.6) is 0 Å². The van der Waals surface area contributed by atoms with Gasteiger partial charge in [-0.2, -0.15) is 0 Å². The summed E-state index contributed by atoms with van der Waals surface area (Å²) in [6.07, 6.45) is 2.90. The standard InChI is InChI=1S/C18H28N2O/c1-4-19-17(13-20-12-6-5-7-18(20)21)16-10-8-15(9-11-16)14(2)3/h8-11,14,17,19H,4-7,12-13H2,1-3H3. The molecule has 116 valence electrons. The second-order valence-corrected chi connectivity index (χ2v) is 6.23. The molecule has 0 aliphatic carbocycles. The molecule has 1 amide bonds. The first-order chi connectivity index (χ1) is 10.1. The molecule has 0 aromatic heterocycles. The SMILES string of the molecule is CCNC(CN1CCCCC1=O)c1ccc(C(C)C)cc1. The lowest BCUT2D eigenvalue weighted by Crippen LogP contribution is -2.41. The lowest BCUT2D eigenvalue weighted by molar-refractivity contribution is -0.133. The van der Waals surface area contributed by atoms with Crippen LogP contribution in [0.15, 0.2) is 24.3 Å². The summed E-state index contributed by atoms with van der Waals surface area (Å²) < 4.78 is 0. The molecule has 0 radical (unpaired) electrons. The summed E-state index contributed by atoms with van der Waals surface area (Å²) in [6.45, 7) is 9.15. The molecule has 3 heteroatoms. The average Bonchev–Trinajstić information content (AvgIpc) is 2.49. The van der Waals surface area contributed by atoms with Gasteiger partial charge in [-0.15, -0.1) is 0 Å². The van der Waals surface area contributed by atoms with E-state index in [1.54, 1.807) is 0 Å². The summed E-state index contributed by atoms with van der Waals surface area (Å²) in [5.41, 5.74) is 2.64. The van der Waals surface area contributed by atoms with Gasteiger partial charge in [0, 0.05) is 25.6 Å². The Bertz CT molecular complexity index is 453. The topological polar surface area (TPSA) is 32.3 Å². The van der Waals surface area contributed by atoms with E-state index in [4.69, 9.17) is 0 Å². The summed E-state index contributed by atoms with van der Waals surface area (Å²) in [7, 11) is 0. The summed E-state index contributed by atoms with van der Waals surface area (Å²) >= 11 is 0. The number of likely N-dealkylation sites (tertiary alicyclic amines) is 1. The molecule has 1 aliphatic rings. The van der Waals surface area contributed by atoms with Gasteiger partial charge in [0.2, 0.25) is 5.91 Å². The second-order valence-electron chi connectivity index (χ2n) is 6.23. The highest BCUT2D eigenvalue weighted by Gasteiger charge is 2.22. The molecule has 21 heavy (non-hydrogen) atoms. The molecule has 0 bridgehead atoms. The smallest absolute Gasteiger partial charge is 0.222 e. The van der Waals surface area contributed by atoms with Crippen LogP contribution in [0.3, 0.4) is 0 Å². The Morgan fingerprint density at radius 1 is 1.14 bits per heavy atom. The van der Waals surface area contributed by atoms with Gasteiger partial charge in [-0.1, -0.05) is 45.0 Å². The highest BCUT2D eigenvalue weighted by Crippen LogP contribution is 2.21. The highest BCUT2D eigenvalue weighted by molar-refractivity contribution is 5.76. The summed E-state index contributed by atoms with van der Waals surface area (Å²) in [5, 5.41) is 3.52. The first kappa shape index (κ1) is 16.0. The molecule has 1 saturated heterocycles. The zero-order valence-corrected chi connectivity index (χ0v) is 13.6. The van der Waals surface area contributed by atoms with Crippen molar-refractivity contribution in [3.8, 4) is 0 Å². The van der Waals surface area contributed by atoms with Crippen molar-refractivity contribution in [1.29, 1.82) is 0 Å². The molecule has 3 nitrogen and oxygen atoms in total. The highest BCUT2D eigenvalue weighted by atomic mass is 16.2. The van der Waals surface area contributed by atoms with Gasteiger partial charge in [0.05, 0.1) is 0 Å². The largest absolute Gasteiger partial charge is 0.341 e. The maximum absolute atomic E-state index is 12.0. The van der Waals surface area contributed by atoms with E-state index in [0.29, 0.717) is 18.2 Å².